The molecule has 3 heteroatoms. The number of fused-ring (bicyclic) bond motifs is 1. The van der Waals surface area contributed by atoms with E-state index < -0.39 is 0 Å². The zero-order chi connectivity index (χ0) is 13.9. The van der Waals surface area contributed by atoms with E-state index in [1.807, 2.05) is 47.4 Å². The molecule has 0 aliphatic carbocycles. The van der Waals surface area contributed by atoms with Crippen LogP contribution in [0, 0.1) is 0 Å². The molecule has 1 atom stereocenters. The van der Waals surface area contributed by atoms with Crippen molar-refractivity contribution in [2.24, 2.45) is 0 Å². The normalized spacial score (nSPS) is 17.6. The highest BCUT2D eigenvalue weighted by molar-refractivity contribution is 6.01. The van der Waals surface area contributed by atoms with Crippen LogP contribution in [0.1, 0.15) is 35.4 Å². The lowest BCUT2D eigenvalue weighted by Gasteiger charge is -2.38. The Hall–Kier alpha value is -2.29. The first-order valence-corrected chi connectivity index (χ1v) is 7.02. The lowest BCUT2D eigenvalue weighted by atomic mass is 10.0. The van der Waals surface area contributed by atoms with E-state index in [9.17, 15) is 4.79 Å². The van der Waals surface area contributed by atoms with Gasteiger partial charge in [0.05, 0.1) is 5.56 Å². The summed E-state index contributed by atoms with van der Waals surface area (Å²) in [5, 5.41) is 3.48. The van der Waals surface area contributed by atoms with E-state index in [2.05, 4.69) is 24.4 Å². The van der Waals surface area contributed by atoms with Gasteiger partial charge in [0.25, 0.3) is 5.91 Å². The van der Waals surface area contributed by atoms with Crippen LogP contribution >= 0.6 is 0 Å². The van der Waals surface area contributed by atoms with Gasteiger partial charge >= 0.3 is 0 Å². The third kappa shape index (κ3) is 2.16. The van der Waals surface area contributed by atoms with Crippen molar-refractivity contribution in [3.8, 4) is 0 Å². The molecule has 0 fully saturated rings. The van der Waals surface area contributed by atoms with Crippen LogP contribution in [0.4, 0.5) is 5.69 Å². The molecule has 2 aromatic rings. The molecule has 0 radical (unpaired) electrons. The fourth-order valence-corrected chi connectivity index (χ4v) is 2.66. The maximum atomic E-state index is 12.7. The highest BCUT2D eigenvalue weighted by Gasteiger charge is 2.31. The lowest BCUT2D eigenvalue weighted by Crippen LogP contribution is -2.43. The summed E-state index contributed by atoms with van der Waals surface area (Å²) < 4.78 is 0. The van der Waals surface area contributed by atoms with Crippen LogP contribution in [0.5, 0.6) is 0 Å². The minimum Gasteiger partial charge on any atom is -0.361 e. The summed E-state index contributed by atoms with van der Waals surface area (Å²) in [6.45, 7) is 2.84. The fourth-order valence-electron chi connectivity index (χ4n) is 2.66. The third-order valence-corrected chi connectivity index (χ3v) is 3.60. The third-order valence-electron chi connectivity index (χ3n) is 3.60. The molecule has 1 unspecified atom stereocenters. The van der Waals surface area contributed by atoms with E-state index in [1.54, 1.807) is 0 Å². The molecular formula is C17H18N2O. The van der Waals surface area contributed by atoms with Gasteiger partial charge in [0.15, 0.2) is 0 Å². The summed E-state index contributed by atoms with van der Waals surface area (Å²) in [5.74, 6) is 0.107. The smallest absolute Gasteiger partial charge is 0.257 e. The topological polar surface area (TPSA) is 32.3 Å². The van der Waals surface area contributed by atoms with Crippen molar-refractivity contribution < 1.29 is 4.79 Å². The minimum atomic E-state index is -0.0847. The second kappa shape index (κ2) is 5.37. The van der Waals surface area contributed by atoms with Gasteiger partial charge in [-0.2, -0.15) is 0 Å². The summed E-state index contributed by atoms with van der Waals surface area (Å²) in [6.07, 6.45) is 0.859. The molecule has 0 spiro atoms. The molecule has 20 heavy (non-hydrogen) atoms. The number of nitrogens with zero attached hydrogens (tertiary/aromatic N) is 1. The molecule has 0 saturated heterocycles. The first-order valence-electron chi connectivity index (χ1n) is 7.02. The van der Waals surface area contributed by atoms with Gasteiger partial charge in [0.2, 0.25) is 0 Å². The van der Waals surface area contributed by atoms with Crippen molar-refractivity contribution in [2.45, 2.75) is 19.5 Å². The van der Waals surface area contributed by atoms with E-state index in [4.69, 9.17) is 0 Å². The van der Waals surface area contributed by atoms with Crippen LogP contribution in [0.25, 0.3) is 0 Å². The Kier molecular flexibility index (Phi) is 3.42. The molecular weight excluding hydrogens is 248 g/mol. The number of hydrogen-bond donors (Lipinski definition) is 1. The number of nitrogens with one attached hydrogen (secondary N) is 1. The maximum absolute atomic E-state index is 12.7. The van der Waals surface area contributed by atoms with Crippen LogP contribution in [-0.2, 0) is 0 Å². The molecule has 1 amide bonds. The number of rotatable bonds is 3. The Morgan fingerprint density at radius 2 is 1.75 bits per heavy atom. The van der Waals surface area contributed by atoms with Gasteiger partial charge in [-0.05, 0) is 24.1 Å². The van der Waals surface area contributed by atoms with Crippen molar-refractivity contribution >= 4 is 11.6 Å². The first kappa shape index (κ1) is 12.7. The molecule has 3 nitrogen and oxygen atoms in total. The van der Waals surface area contributed by atoms with Gasteiger partial charge in [-0.15, -0.1) is 0 Å². The molecule has 1 heterocycles. The molecule has 1 aliphatic heterocycles. The average molecular weight is 266 g/mol. The number of carbonyl (C=O) groups excluding carboxylic acids is 1. The van der Waals surface area contributed by atoms with Crippen LogP contribution in [-0.4, -0.2) is 17.4 Å². The number of carbonyl (C=O) groups is 1. The fraction of sp³-hybridized carbons (Fsp3) is 0.235. The van der Waals surface area contributed by atoms with Crippen molar-refractivity contribution in [3.05, 3.63) is 65.7 Å². The lowest BCUT2D eigenvalue weighted by molar-refractivity contribution is 0.0683. The van der Waals surface area contributed by atoms with Crippen LogP contribution in [0.15, 0.2) is 54.6 Å². The zero-order valence-corrected chi connectivity index (χ0v) is 11.5. The van der Waals surface area contributed by atoms with Gasteiger partial charge in [0, 0.05) is 12.2 Å². The number of benzene rings is 2. The predicted octanol–water partition coefficient (Wildman–Crippen LogP) is 3.66. The number of hydrogen-bond acceptors (Lipinski definition) is 2. The van der Waals surface area contributed by atoms with E-state index in [0.29, 0.717) is 0 Å². The van der Waals surface area contributed by atoms with Gasteiger partial charge in [0.1, 0.15) is 6.17 Å². The average Bonchev–Trinajstić information content (AvgIpc) is 2.51. The number of amides is 1. The summed E-state index contributed by atoms with van der Waals surface area (Å²) >= 11 is 0. The standard InChI is InChI=1S/C17H18N2O/c1-2-12-19-16(13-8-4-3-5-9-13)18-15-11-7-6-10-14(15)17(19)20/h3-11,16,18H,2,12H2,1H3. The van der Waals surface area contributed by atoms with Gasteiger partial charge in [-0.3, -0.25) is 4.79 Å². The Balaban J connectivity index is 2.03. The first-order chi connectivity index (χ1) is 9.81. The summed E-state index contributed by atoms with van der Waals surface area (Å²) in [4.78, 5) is 14.6. The van der Waals surface area contributed by atoms with Crippen LogP contribution < -0.4 is 5.32 Å². The summed E-state index contributed by atoms with van der Waals surface area (Å²) in [6, 6.07) is 17.8. The number of para-hydroxylation sites is 1. The SMILES string of the molecule is CCCN1C(=O)c2ccccc2NC1c1ccccc1. The number of anilines is 1. The van der Waals surface area contributed by atoms with Crippen LogP contribution in [0.2, 0.25) is 0 Å². The molecule has 1 N–H and O–H groups in total. The van der Waals surface area contributed by atoms with Crippen molar-refractivity contribution in [1.82, 2.24) is 4.90 Å². The predicted molar refractivity (Wildman–Crippen MR) is 80.6 cm³/mol. The Morgan fingerprint density at radius 3 is 2.50 bits per heavy atom. The van der Waals surface area contributed by atoms with Gasteiger partial charge in [-0.25, -0.2) is 0 Å². The molecule has 102 valence electrons. The monoisotopic (exact) mass is 266 g/mol. The summed E-state index contributed by atoms with van der Waals surface area (Å²) in [5.41, 5.74) is 2.79. The van der Waals surface area contributed by atoms with Crippen molar-refractivity contribution in [1.29, 1.82) is 0 Å². The molecule has 1 aliphatic rings. The van der Waals surface area contributed by atoms with Crippen molar-refractivity contribution in [3.63, 3.8) is 0 Å². The second-order valence-corrected chi connectivity index (χ2v) is 5.00. The second-order valence-electron chi connectivity index (χ2n) is 5.00. The minimum absolute atomic E-state index is 0.0847. The largest absolute Gasteiger partial charge is 0.361 e. The van der Waals surface area contributed by atoms with Gasteiger partial charge in [-0.1, -0.05) is 49.4 Å². The zero-order valence-electron chi connectivity index (χ0n) is 11.5. The van der Waals surface area contributed by atoms with Crippen LogP contribution in [0.3, 0.4) is 0 Å². The van der Waals surface area contributed by atoms with E-state index in [0.717, 1.165) is 29.8 Å². The van der Waals surface area contributed by atoms with E-state index >= 15 is 0 Å². The van der Waals surface area contributed by atoms with E-state index in [1.165, 1.54) is 0 Å². The van der Waals surface area contributed by atoms with Crippen molar-refractivity contribution in [2.75, 3.05) is 11.9 Å². The highest BCUT2D eigenvalue weighted by atomic mass is 16.2. The van der Waals surface area contributed by atoms with Gasteiger partial charge < -0.3 is 10.2 Å². The molecule has 0 aromatic heterocycles. The molecule has 3 rings (SSSR count). The maximum Gasteiger partial charge on any atom is 0.257 e. The van der Waals surface area contributed by atoms with E-state index in [-0.39, 0.29) is 12.1 Å². The molecule has 2 aromatic carbocycles. The quantitative estimate of drug-likeness (QED) is 0.919. The summed E-state index contributed by atoms with van der Waals surface area (Å²) in [7, 11) is 0. The highest BCUT2D eigenvalue weighted by Crippen LogP contribution is 2.32. The Bertz CT molecular complexity index is 609. The molecule has 0 bridgehead atoms. The Morgan fingerprint density at radius 1 is 1.05 bits per heavy atom. The molecule has 0 saturated carbocycles. The Labute approximate surface area is 119 Å².